The molecule has 4 nitrogen and oxygen atoms in total. The highest BCUT2D eigenvalue weighted by molar-refractivity contribution is 5.83. The molecule has 0 radical (unpaired) electrons. The van der Waals surface area contributed by atoms with Crippen molar-refractivity contribution in [1.29, 1.82) is 0 Å². The number of phenols is 1. The van der Waals surface area contributed by atoms with Crippen molar-refractivity contribution in [2.75, 3.05) is 0 Å². The molecule has 4 unspecified atom stereocenters. The first-order valence-corrected chi connectivity index (χ1v) is 17.3. The maximum Gasteiger partial charge on any atom is 0.311 e. The number of fused-ring (bicyclic) bond motifs is 5. The second-order valence-corrected chi connectivity index (χ2v) is 13.2. The Balaban J connectivity index is 1.05. The van der Waals surface area contributed by atoms with Crippen LogP contribution in [0.1, 0.15) is 159 Å². The van der Waals surface area contributed by atoms with E-state index in [-0.39, 0.29) is 17.6 Å². The summed E-state index contributed by atoms with van der Waals surface area (Å²) in [5, 5.41) is 10.7. The molecular formula is C37H56O4. The van der Waals surface area contributed by atoms with Gasteiger partial charge in [-0.05, 0) is 105 Å². The average Bonchev–Trinajstić information content (AvgIpc) is 3.35. The Bertz CT molecular complexity index is 995. The smallest absolute Gasteiger partial charge is 0.311 e. The van der Waals surface area contributed by atoms with Crippen molar-refractivity contribution in [3.63, 3.8) is 0 Å². The molecule has 0 spiro atoms. The number of ether oxygens (including phenoxy) is 1. The largest absolute Gasteiger partial charge is 0.504 e. The standard InChI is InChI=1S/C37H56O4/c1-2-3-4-5-6-7-8-9-10-11-12-13-14-15-16-17-18-19-37(40)41-36-26-28-20-21-29-30-24-25-34(38)32(30)23-22-31(29)33(28)27-35(36)39/h9-10,26-27,29-32,39H,2-8,11-25H2,1H3/b10-9-. The monoisotopic (exact) mass is 564 g/mol. The number of phenolic OH excluding ortho intramolecular Hbond substituents is 1. The van der Waals surface area contributed by atoms with E-state index in [0.717, 1.165) is 51.4 Å². The van der Waals surface area contributed by atoms with E-state index in [1.807, 2.05) is 12.1 Å². The molecule has 4 atom stereocenters. The lowest BCUT2D eigenvalue weighted by Crippen LogP contribution is -2.35. The minimum Gasteiger partial charge on any atom is -0.504 e. The number of allylic oxidation sites excluding steroid dienone is 2. The van der Waals surface area contributed by atoms with Crippen molar-refractivity contribution in [3.8, 4) is 11.5 Å². The van der Waals surface area contributed by atoms with Crippen molar-refractivity contribution >= 4 is 11.8 Å². The van der Waals surface area contributed by atoms with Gasteiger partial charge < -0.3 is 9.84 Å². The van der Waals surface area contributed by atoms with E-state index in [1.165, 1.54) is 94.6 Å². The molecule has 0 amide bonds. The average molecular weight is 565 g/mol. The van der Waals surface area contributed by atoms with Crippen LogP contribution >= 0.6 is 0 Å². The fourth-order valence-electron chi connectivity index (χ4n) is 7.95. The zero-order chi connectivity index (χ0) is 28.9. The number of hydrogen-bond donors (Lipinski definition) is 1. The zero-order valence-electron chi connectivity index (χ0n) is 25.8. The number of hydrogen-bond acceptors (Lipinski definition) is 4. The number of carbonyl (C=O) groups is 2. The van der Waals surface area contributed by atoms with Crippen molar-refractivity contribution in [1.82, 2.24) is 0 Å². The number of aryl methyl sites for hydroxylation is 1. The molecule has 1 N–H and O–H groups in total. The van der Waals surface area contributed by atoms with Crippen LogP contribution in [0.4, 0.5) is 0 Å². The van der Waals surface area contributed by atoms with E-state index in [4.69, 9.17) is 4.74 Å². The van der Waals surface area contributed by atoms with Crippen LogP contribution in [0.25, 0.3) is 0 Å². The summed E-state index contributed by atoms with van der Waals surface area (Å²) in [6.07, 6.45) is 29.8. The molecule has 0 bridgehead atoms. The molecule has 0 heterocycles. The van der Waals surface area contributed by atoms with Crippen LogP contribution in [-0.2, 0) is 16.0 Å². The van der Waals surface area contributed by atoms with Gasteiger partial charge in [-0.25, -0.2) is 0 Å². The molecule has 2 fully saturated rings. The van der Waals surface area contributed by atoms with Crippen LogP contribution in [0.5, 0.6) is 11.5 Å². The van der Waals surface area contributed by atoms with Gasteiger partial charge in [0.2, 0.25) is 0 Å². The first-order valence-electron chi connectivity index (χ1n) is 17.3. The lowest BCUT2D eigenvalue weighted by molar-refractivity contribution is -0.134. The molecule has 0 aromatic heterocycles. The zero-order valence-corrected chi connectivity index (χ0v) is 25.8. The van der Waals surface area contributed by atoms with E-state index in [9.17, 15) is 14.7 Å². The van der Waals surface area contributed by atoms with Gasteiger partial charge >= 0.3 is 5.97 Å². The number of benzene rings is 1. The highest BCUT2D eigenvalue weighted by Gasteiger charge is 2.47. The summed E-state index contributed by atoms with van der Waals surface area (Å²) in [7, 11) is 0. The summed E-state index contributed by atoms with van der Waals surface area (Å²) in [6, 6.07) is 3.77. The Kier molecular flexibility index (Phi) is 13.3. The van der Waals surface area contributed by atoms with Gasteiger partial charge in [-0.15, -0.1) is 0 Å². The minimum atomic E-state index is -0.244. The summed E-state index contributed by atoms with van der Waals surface area (Å²) < 4.78 is 5.62. The van der Waals surface area contributed by atoms with E-state index in [1.54, 1.807) is 0 Å². The van der Waals surface area contributed by atoms with Crippen LogP contribution in [0, 0.1) is 17.8 Å². The predicted octanol–water partition coefficient (Wildman–Crippen LogP) is 10.2. The van der Waals surface area contributed by atoms with Gasteiger partial charge in [0, 0.05) is 18.8 Å². The Morgan fingerprint density at radius 3 is 2.07 bits per heavy atom. The summed E-state index contributed by atoms with van der Waals surface area (Å²) in [4.78, 5) is 24.8. The first kappa shape index (κ1) is 31.8. The predicted molar refractivity (Wildman–Crippen MR) is 167 cm³/mol. The van der Waals surface area contributed by atoms with Gasteiger partial charge in [0.15, 0.2) is 11.5 Å². The van der Waals surface area contributed by atoms with Crippen LogP contribution in [0.2, 0.25) is 0 Å². The molecular weight excluding hydrogens is 508 g/mol. The molecule has 4 heteroatoms. The fourth-order valence-corrected chi connectivity index (χ4v) is 7.95. The Morgan fingerprint density at radius 2 is 1.37 bits per heavy atom. The van der Waals surface area contributed by atoms with Crippen LogP contribution in [0.3, 0.4) is 0 Å². The lowest BCUT2D eigenvalue weighted by atomic mass is 9.61. The van der Waals surface area contributed by atoms with E-state index >= 15 is 0 Å². The minimum absolute atomic E-state index is 0.0830. The molecule has 1 aromatic rings. The fraction of sp³-hybridized carbons (Fsp3) is 0.730. The molecule has 41 heavy (non-hydrogen) atoms. The number of esters is 1. The second kappa shape index (κ2) is 17.1. The van der Waals surface area contributed by atoms with Gasteiger partial charge in [-0.2, -0.15) is 0 Å². The number of unbranched alkanes of at least 4 members (excludes halogenated alkanes) is 13. The molecule has 0 saturated heterocycles. The number of carbonyl (C=O) groups excluding carboxylic acids is 2. The van der Waals surface area contributed by atoms with Crippen LogP contribution in [0.15, 0.2) is 24.3 Å². The highest BCUT2D eigenvalue weighted by Crippen LogP contribution is 2.55. The molecule has 0 aliphatic heterocycles. The molecule has 1 aromatic carbocycles. The van der Waals surface area contributed by atoms with Gasteiger partial charge in [-0.3, -0.25) is 9.59 Å². The first-order chi connectivity index (χ1) is 20.1. The molecule has 3 aliphatic rings. The summed E-state index contributed by atoms with van der Waals surface area (Å²) in [5.74, 6) is 2.41. The number of aromatic hydroxyl groups is 1. The van der Waals surface area contributed by atoms with Crippen molar-refractivity contribution in [3.05, 3.63) is 35.4 Å². The van der Waals surface area contributed by atoms with Crippen molar-refractivity contribution < 1.29 is 19.4 Å². The second-order valence-electron chi connectivity index (χ2n) is 13.2. The quantitative estimate of drug-likeness (QED) is 0.0834. The van der Waals surface area contributed by atoms with Gasteiger partial charge in [0.25, 0.3) is 0 Å². The molecule has 228 valence electrons. The summed E-state index contributed by atoms with van der Waals surface area (Å²) in [6.45, 7) is 2.27. The Hall–Kier alpha value is -2.10. The lowest BCUT2D eigenvalue weighted by Gasteiger charge is -2.43. The summed E-state index contributed by atoms with van der Waals surface area (Å²) >= 11 is 0. The van der Waals surface area contributed by atoms with E-state index in [2.05, 4.69) is 19.1 Å². The molecule has 3 aliphatic carbocycles. The third-order valence-corrected chi connectivity index (χ3v) is 10.2. The number of ketones is 1. The van der Waals surface area contributed by atoms with Crippen molar-refractivity contribution in [2.45, 2.75) is 154 Å². The van der Waals surface area contributed by atoms with E-state index < -0.39 is 0 Å². The van der Waals surface area contributed by atoms with Gasteiger partial charge in [-0.1, -0.05) is 83.3 Å². The normalized spacial score (nSPS) is 23.4. The molecule has 4 rings (SSSR count). The number of Topliss-reactive ketones (excluding diaryl/α,β-unsaturated/α-hetero) is 1. The third-order valence-electron chi connectivity index (χ3n) is 10.2. The Labute approximate surface area is 249 Å². The molecule has 2 saturated carbocycles. The maximum atomic E-state index is 12.5. The van der Waals surface area contributed by atoms with Crippen LogP contribution in [-0.4, -0.2) is 16.9 Å². The SMILES string of the molecule is CCCCCCCC/C=C\CCCCCCCCCC(=O)Oc1cc2c(cc1O)C1CCC3C(=O)CCC3C1CC2. The topological polar surface area (TPSA) is 63.6 Å². The third kappa shape index (κ3) is 9.45. The van der Waals surface area contributed by atoms with Crippen LogP contribution < -0.4 is 4.74 Å². The Morgan fingerprint density at radius 1 is 0.780 bits per heavy atom. The van der Waals surface area contributed by atoms with Gasteiger partial charge in [0.05, 0.1) is 0 Å². The van der Waals surface area contributed by atoms with E-state index in [0.29, 0.717) is 35.7 Å². The number of rotatable bonds is 18. The van der Waals surface area contributed by atoms with Crippen molar-refractivity contribution in [2.24, 2.45) is 17.8 Å². The maximum absolute atomic E-state index is 12.5. The highest BCUT2D eigenvalue weighted by atomic mass is 16.5. The van der Waals surface area contributed by atoms with Gasteiger partial charge in [0.1, 0.15) is 5.78 Å². The summed E-state index contributed by atoms with van der Waals surface area (Å²) in [5.41, 5.74) is 2.43.